The normalized spacial score (nSPS) is 10.5. The van der Waals surface area contributed by atoms with E-state index in [1.54, 1.807) is 12.5 Å². The van der Waals surface area contributed by atoms with Crippen molar-refractivity contribution in [3.8, 4) is 0 Å². The third kappa shape index (κ3) is 1.90. The standard InChI is InChI=1S/C8H10N2/c1-7(2)3-4-8-5-9-6-10-8/h3-6H,1H2,2H3,(H,9,10)/b4-3+. The van der Waals surface area contributed by atoms with Crippen LogP contribution in [-0.4, -0.2) is 9.97 Å². The highest BCUT2D eigenvalue weighted by Gasteiger charge is 1.82. The second-order valence-corrected chi connectivity index (χ2v) is 2.19. The number of nitrogens with one attached hydrogen (secondary N) is 1. The van der Waals surface area contributed by atoms with Crippen molar-refractivity contribution in [1.82, 2.24) is 9.97 Å². The van der Waals surface area contributed by atoms with E-state index in [9.17, 15) is 0 Å². The summed E-state index contributed by atoms with van der Waals surface area (Å²) in [5, 5.41) is 0. The highest BCUT2D eigenvalue weighted by Crippen LogP contribution is 1.97. The van der Waals surface area contributed by atoms with Crippen LogP contribution in [0.3, 0.4) is 0 Å². The minimum Gasteiger partial charge on any atom is -0.345 e. The zero-order chi connectivity index (χ0) is 7.40. The van der Waals surface area contributed by atoms with Crippen molar-refractivity contribution < 1.29 is 0 Å². The molecule has 0 spiro atoms. The Labute approximate surface area is 60.3 Å². The van der Waals surface area contributed by atoms with Crippen molar-refractivity contribution in [3.05, 3.63) is 36.4 Å². The van der Waals surface area contributed by atoms with Crippen molar-refractivity contribution in [2.24, 2.45) is 0 Å². The molecule has 0 unspecified atom stereocenters. The number of aromatic nitrogens is 2. The Bertz CT molecular complexity index is 232. The molecule has 0 aliphatic rings. The van der Waals surface area contributed by atoms with E-state index in [1.165, 1.54) is 0 Å². The van der Waals surface area contributed by atoms with Gasteiger partial charge in [-0.1, -0.05) is 18.2 Å². The average molecular weight is 134 g/mol. The summed E-state index contributed by atoms with van der Waals surface area (Å²) in [5.74, 6) is 0. The number of nitrogens with zero attached hydrogens (tertiary/aromatic N) is 1. The summed E-state index contributed by atoms with van der Waals surface area (Å²) in [6.07, 6.45) is 7.29. The van der Waals surface area contributed by atoms with Crippen LogP contribution in [0.5, 0.6) is 0 Å². The molecule has 1 aromatic rings. The van der Waals surface area contributed by atoms with E-state index in [2.05, 4.69) is 16.5 Å². The minimum absolute atomic E-state index is 1.00. The molecule has 0 aliphatic carbocycles. The van der Waals surface area contributed by atoms with Crippen LogP contribution in [0.15, 0.2) is 30.8 Å². The van der Waals surface area contributed by atoms with E-state index >= 15 is 0 Å². The fourth-order valence-corrected chi connectivity index (χ4v) is 0.590. The summed E-state index contributed by atoms with van der Waals surface area (Å²) in [6.45, 7) is 5.68. The van der Waals surface area contributed by atoms with Crippen LogP contribution in [-0.2, 0) is 0 Å². The number of hydrogen-bond donors (Lipinski definition) is 1. The van der Waals surface area contributed by atoms with E-state index < -0.39 is 0 Å². The molecule has 0 aromatic carbocycles. The molecule has 0 saturated carbocycles. The molecule has 0 aliphatic heterocycles. The summed E-state index contributed by atoms with van der Waals surface area (Å²) >= 11 is 0. The zero-order valence-corrected chi connectivity index (χ0v) is 5.96. The molecule has 2 heteroatoms. The molecule has 0 atom stereocenters. The number of H-pyrrole nitrogens is 1. The molecular weight excluding hydrogens is 124 g/mol. The molecule has 52 valence electrons. The van der Waals surface area contributed by atoms with Crippen LogP contribution < -0.4 is 0 Å². The van der Waals surface area contributed by atoms with Gasteiger partial charge in [0.15, 0.2) is 0 Å². The summed E-state index contributed by atoms with van der Waals surface area (Å²) in [6, 6.07) is 0. The number of rotatable bonds is 2. The van der Waals surface area contributed by atoms with Gasteiger partial charge in [0.2, 0.25) is 0 Å². The minimum atomic E-state index is 1.00. The predicted molar refractivity (Wildman–Crippen MR) is 42.4 cm³/mol. The lowest BCUT2D eigenvalue weighted by atomic mass is 10.3. The maximum absolute atomic E-state index is 3.86. The molecule has 0 amide bonds. The quantitative estimate of drug-likeness (QED) is 0.616. The number of aromatic amines is 1. The highest BCUT2D eigenvalue weighted by molar-refractivity contribution is 5.46. The smallest absolute Gasteiger partial charge is 0.0924 e. The lowest BCUT2D eigenvalue weighted by Gasteiger charge is -1.83. The molecule has 0 saturated heterocycles. The van der Waals surface area contributed by atoms with E-state index in [1.807, 2.05) is 19.1 Å². The predicted octanol–water partition coefficient (Wildman–Crippen LogP) is 2.00. The van der Waals surface area contributed by atoms with Gasteiger partial charge in [0.25, 0.3) is 0 Å². The van der Waals surface area contributed by atoms with Crippen molar-refractivity contribution in [1.29, 1.82) is 0 Å². The van der Waals surface area contributed by atoms with Crippen molar-refractivity contribution >= 4 is 6.08 Å². The van der Waals surface area contributed by atoms with E-state index in [4.69, 9.17) is 0 Å². The van der Waals surface area contributed by atoms with Gasteiger partial charge in [-0.25, -0.2) is 4.98 Å². The first-order chi connectivity index (χ1) is 4.79. The van der Waals surface area contributed by atoms with Crippen LogP contribution in [0.1, 0.15) is 12.6 Å². The molecule has 2 nitrogen and oxygen atoms in total. The Morgan fingerprint density at radius 2 is 2.60 bits per heavy atom. The maximum atomic E-state index is 3.86. The van der Waals surface area contributed by atoms with Gasteiger partial charge in [-0.05, 0) is 13.0 Å². The summed E-state index contributed by atoms with van der Waals surface area (Å²) in [5.41, 5.74) is 2.04. The second kappa shape index (κ2) is 3.01. The van der Waals surface area contributed by atoms with Gasteiger partial charge >= 0.3 is 0 Å². The topological polar surface area (TPSA) is 28.7 Å². The van der Waals surface area contributed by atoms with Crippen molar-refractivity contribution in [2.45, 2.75) is 6.92 Å². The van der Waals surface area contributed by atoms with Gasteiger partial charge in [-0.2, -0.15) is 0 Å². The van der Waals surface area contributed by atoms with Crippen LogP contribution in [0.25, 0.3) is 6.08 Å². The van der Waals surface area contributed by atoms with Gasteiger partial charge in [0.1, 0.15) is 0 Å². The Morgan fingerprint density at radius 3 is 3.10 bits per heavy atom. The zero-order valence-electron chi connectivity index (χ0n) is 5.96. The molecule has 1 rings (SSSR count). The highest BCUT2D eigenvalue weighted by atomic mass is 14.8. The largest absolute Gasteiger partial charge is 0.345 e. The fraction of sp³-hybridized carbons (Fsp3) is 0.125. The molecule has 1 heterocycles. The molecule has 1 aromatic heterocycles. The maximum Gasteiger partial charge on any atom is 0.0924 e. The molecule has 0 radical (unpaired) electrons. The summed E-state index contributed by atoms with van der Waals surface area (Å²) in [4.78, 5) is 6.82. The lowest BCUT2D eigenvalue weighted by Crippen LogP contribution is -1.67. The Hall–Kier alpha value is -1.31. The van der Waals surface area contributed by atoms with Crippen molar-refractivity contribution in [3.63, 3.8) is 0 Å². The van der Waals surface area contributed by atoms with Crippen LogP contribution in [0.2, 0.25) is 0 Å². The van der Waals surface area contributed by atoms with Gasteiger partial charge in [-0.15, -0.1) is 0 Å². The molecular formula is C8H10N2. The summed E-state index contributed by atoms with van der Waals surface area (Å²) < 4.78 is 0. The van der Waals surface area contributed by atoms with Gasteiger partial charge < -0.3 is 4.98 Å². The number of allylic oxidation sites excluding steroid dienone is 2. The number of imidazole rings is 1. The SMILES string of the molecule is C=C(C)/C=C/c1cnc[nH]1. The van der Waals surface area contributed by atoms with Gasteiger partial charge in [-0.3, -0.25) is 0 Å². The van der Waals surface area contributed by atoms with Gasteiger partial charge in [0.05, 0.1) is 18.2 Å². The first kappa shape index (κ1) is 6.81. The number of hydrogen-bond acceptors (Lipinski definition) is 1. The van der Waals surface area contributed by atoms with Crippen molar-refractivity contribution in [2.75, 3.05) is 0 Å². The molecule has 1 N–H and O–H groups in total. The van der Waals surface area contributed by atoms with E-state index in [-0.39, 0.29) is 0 Å². The second-order valence-electron chi connectivity index (χ2n) is 2.19. The van der Waals surface area contributed by atoms with Crippen LogP contribution in [0, 0.1) is 0 Å². The molecule has 0 bridgehead atoms. The van der Waals surface area contributed by atoms with Gasteiger partial charge in [0, 0.05) is 0 Å². The van der Waals surface area contributed by atoms with Crippen LogP contribution >= 0.6 is 0 Å². The fourth-order valence-electron chi connectivity index (χ4n) is 0.590. The third-order valence-corrected chi connectivity index (χ3v) is 1.07. The summed E-state index contributed by atoms with van der Waals surface area (Å²) in [7, 11) is 0. The first-order valence-corrected chi connectivity index (χ1v) is 3.11. The van der Waals surface area contributed by atoms with Crippen LogP contribution in [0.4, 0.5) is 0 Å². The Kier molecular flexibility index (Phi) is 2.05. The monoisotopic (exact) mass is 134 g/mol. The van der Waals surface area contributed by atoms with E-state index in [0.29, 0.717) is 0 Å². The molecule has 10 heavy (non-hydrogen) atoms. The average Bonchev–Trinajstić information content (AvgIpc) is 2.34. The lowest BCUT2D eigenvalue weighted by molar-refractivity contribution is 1.31. The third-order valence-electron chi connectivity index (χ3n) is 1.07. The van der Waals surface area contributed by atoms with E-state index in [0.717, 1.165) is 11.3 Å². The Morgan fingerprint density at radius 1 is 1.80 bits per heavy atom. The molecule has 0 fully saturated rings. The Balaban J connectivity index is 2.64. The first-order valence-electron chi connectivity index (χ1n) is 3.11.